The Morgan fingerprint density at radius 1 is 1.12 bits per heavy atom. The molecule has 0 N–H and O–H groups in total. The van der Waals surface area contributed by atoms with Crippen LogP contribution < -0.4 is 0 Å². The molecular formula is C11H8F3NO. The maximum atomic E-state index is 12.4. The van der Waals surface area contributed by atoms with Gasteiger partial charge in [-0.3, -0.25) is 0 Å². The number of rotatable bonds is 1. The number of oxazole rings is 1. The van der Waals surface area contributed by atoms with E-state index in [-0.39, 0.29) is 11.6 Å². The first-order valence-corrected chi connectivity index (χ1v) is 4.58. The maximum Gasteiger partial charge on any atom is 0.451 e. The van der Waals surface area contributed by atoms with Crippen molar-refractivity contribution in [2.24, 2.45) is 0 Å². The van der Waals surface area contributed by atoms with E-state index < -0.39 is 11.9 Å². The van der Waals surface area contributed by atoms with Gasteiger partial charge in [0.25, 0.3) is 0 Å². The summed E-state index contributed by atoms with van der Waals surface area (Å²) in [5.74, 6) is -1.04. The molecule has 0 saturated heterocycles. The van der Waals surface area contributed by atoms with E-state index in [2.05, 4.69) is 4.98 Å². The highest BCUT2D eigenvalue weighted by Gasteiger charge is 2.38. The van der Waals surface area contributed by atoms with Crippen molar-refractivity contribution < 1.29 is 17.6 Å². The van der Waals surface area contributed by atoms with Gasteiger partial charge in [-0.05, 0) is 19.1 Å². The summed E-state index contributed by atoms with van der Waals surface area (Å²) in [6, 6.07) is 8.48. The molecule has 84 valence electrons. The smallest absolute Gasteiger partial charge is 0.431 e. The standard InChI is InChI=1S/C11H8F3NO/c1-7-9(11(12,13)14)16-10(15-7)8-5-3-2-4-6-8/h2-6H,1H3. The average molecular weight is 227 g/mol. The van der Waals surface area contributed by atoms with Crippen molar-refractivity contribution in [1.82, 2.24) is 4.98 Å². The largest absolute Gasteiger partial charge is 0.451 e. The molecule has 0 aliphatic heterocycles. The summed E-state index contributed by atoms with van der Waals surface area (Å²) in [5, 5.41) is 0. The molecule has 1 aromatic heterocycles. The number of hydrogen-bond acceptors (Lipinski definition) is 2. The van der Waals surface area contributed by atoms with Crippen molar-refractivity contribution in [3.63, 3.8) is 0 Å². The van der Waals surface area contributed by atoms with Crippen LogP contribution in [-0.2, 0) is 6.18 Å². The molecular weight excluding hydrogens is 219 g/mol. The van der Waals surface area contributed by atoms with Gasteiger partial charge in [-0.15, -0.1) is 0 Å². The quantitative estimate of drug-likeness (QED) is 0.742. The van der Waals surface area contributed by atoms with Crippen LogP contribution in [0.3, 0.4) is 0 Å². The van der Waals surface area contributed by atoms with E-state index in [9.17, 15) is 13.2 Å². The van der Waals surface area contributed by atoms with E-state index in [1.54, 1.807) is 30.3 Å². The van der Waals surface area contributed by atoms with Crippen LogP contribution in [0.2, 0.25) is 0 Å². The Morgan fingerprint density at radius 2 is 1.75 bits per heavy atom. The molecule has 0 bridgehead atoms. The van der Waals surface area contributed by atoms with Crippen LogP contribution in [0.4, 0.5) is 13.2 Å². The molecule has 0 unspecified atom stereocenters. The summed E-state index contributed by atoms with van der Waals surface area (Å²) in [4.78, 5) is 3.76. The summed E-state index contributed by atoms with van der Waals surface area (Å²) in [6.45, 7) is 1.28. The van der Waals surface area contributed by atoms with Crippen molar-refractivity contribution >= 4 is 0 Å². The van der Waals surface area contributed by atoms with Crippen molar-refractivity contribution in [3.8, 4) is 11.5 Å². The number of alkyl halides is 3. The lowest BCUT2D eigenvalue weighted by molar-refractivity contribution is -0.153. The summed E-state index contributed by atoms with van der Waals surface area (Å²) in [5.41, 5.74) is 0.382. The second-order valence-electron chi connectivity index (χ2n) is 3.30. The van der Waals surface area contributed by atoms with Gasteiger partial charge >= 0.3 is 6.18 Å². The highest BCUT2D eigenvalue weighted by molar-refractivity contribution is 5.53. The highest BCUT2D eigenvalue weighted by Crippen LogP contribution is 2.34. The third kappa shape index (κ3) is 1.93. The molecule has 0 spiro atoms. The fraction of sp³-hybridized carbons (Fsp3) is 0.182. The molecule has 0 radical (unpaired) electrons. The number of nitrogens with zero attached hydrogens (tertiary/aromatic N) is 1. The molecule has 2 nitrogen and oxygen atoms in total. The third-order valence-electron chi connectivity index (χ3n) is 2.07. The van der Waals surface area contributed by atoms with Gasteiger partial charge in [0.05, 0.1) is 5.69 Å². The predicted molar refractivity (Wildman–Crippen MR) is 51.7 cm³/mol. The van der Waals surface area contributed by atoms with Crippen LogP contribution >= 0.6 is 0 Å². The molecule has 16 heavy (non-hydrogen) atoms. The Balaban J connectivity index is 2.47. The molecule has 1 heterocycles. The van der Waals surface area contributed by atoms with Gasteiger partial charge in [0.2, 0.25) is 11.7 Å². The molecule has 1 aromatic carbocycles. The molecule has 2 aromatic rings. The van der Waals surface area contributed by atoms with Gasteiger partial charge in [0, 0.05) is 5.56 Å². The molecule has 0 saturated carbocycles. The number of aryl methyl sites for hydroxylation is 1. The SMILES string of the molecule is Cc1nc(-c2ccccc2)oc1C(F)(F)F. The maximum absolute atomic E-state index is 12.4. The van der Waals surface area contributed by atoms with Gasteiger partial charge in [0.1, 0.15) is 0 Å². The molecule has 0 amide bonds. The predicted octanol–water partition coefficient (Wildman–Crippen LogP) is 3.67. The lowest BCUT2D eigenvalue weighted by atomic mass is 10.2. The highest BCUT2D eigenvalue weighted by atomic mass is 19.4. The Morgan fingerprint density at radius 3 is 2.25 bits per heavy atom. The van der Waals surface area contributed by atoms with E-state index in [4.69, 9.17) is 4.42 Å². The topological polar surface area (TPSA) is 26.0 Å². The van der Waals surface area contributed by atoms with Crippen LogP contribution in [0.1, 0.15) is 11.5 Å². The fourth-order valence-corrected chi connectivity index (χ4v) is 1.36. The minimum atomic E-state index is -4.50. The van der Waals surface area contributed by atoms with Crippen LogP contribution in [0.15, 0.2) is 34.7 Å². The Kier molecular flexibility index (Phi) is 2.46. The van der Waals surface area contributed by atoms with E-state index in [0.717, 1.165) is 0 Å². The number of aromatic nitrogens is 1. The van der Waals surface area contributed by atoms with Crippen LogP contribution in [0.25, 0.3) is 11.5 Å². The lowest BCUT2D eigenvalue weighted by Gasteiger charge is -2.01. The van der Waals surface area contributed by atoms with E-state index in [1.807, 2.05) is 0 Å². The summed E-state index contributed by atoms with van der Waals surface area (Å²) in [6.07, 6.45) is -4.50. The summed E-state index contributed by atoms with van der Waals surface area (Å²) in [7, 11) is 0. The Labute approximate surface area is 89.7 Å². The van der Waals surface area contributed by atoms with E-state index in [1.165, 1.54) is 6.92 Å². The minimum absolute atomic E-state index is 0.00887. The number of halogens is 3. The summed E-state index contributed by atoms with van der Waals surface area (Å²) < 4.78 is 42.1. The molecule has 2 rings (SSSR count). The first-order valence-electron chi connectivity index (χ1n) is 4.58. The Hall–Kier alpha value is -1.78. The molecule has 0 aliphatic rings. The average Bonchev–Trinajstić information content (AvgIpc) is 2.61. The van der Waals surface area contributed by atoms with E-state index >= 15 is 0 Å². The minimum Gasteiger partial charge on any atom is -0.431 e. The second-order valence-corrected chi connectivity index (χ2v) is 3.30. The fourth-order valence-electron chi connectivity index (χ4n) is 1.36. The zero-order valence-corrected chi connectivity index (χ0v) is 8.38. The van der Waals surface area contributed by atoms with Crippen molar-refractivity contribution in [2.75, 3.05) is 0 Å². The van der Waals surface area contributed by atoms with Crippen LogP contribution in [0.5, 0.6) is 0 Å². The third-order valence-corrected chi connectivity index (χ3v) is 2.07. The second kappa shape index (κ2) is 3.66. The number of hydrogen-bond donors (Lipinski definition) is 0. The van der Waals surface area contributed by atoms with Gasteiger partial charge in [-0.25, -0.2) is 4.98 Å². The number of benzene rings is 1. The molecule has 0 fully saturated rings. The van der Waals surface area contributed by atoms with Crippen LogP contribution in [-0.4, -0.2) is 4.98 Å². The Bertz CT molecular complexity index is 488. The van der Waals surface area contributed by atoms with Crippen molar-refractivity contribution in [3.05, 3.63) is 41.8 Å². The van der Waals surface area contributed by atoms with Gasteiger partial charge < -0.3 is 4.42 Å². The monoisotopic (exact) mass is 227 g/mol. The molecule has 0 aliphatic carbocycles. The zero-order chi connectivity index (χ0) is 11.8. The van der Waals surface area contributed by atoms with Gasteiger partial charge in [0.15, 0.2) is 0 Å². The molecule has 0 atom stereocenters. The molecule has 5 heteroatoms. The van der Waals surface area contributed by atoms with Crippen LogP contribution in [0, 0.1) is 6.92 Å². The van der Waals surface area contributed by atoms with E-state index in [0.29, 0.717) is 5.56 Å². The van der Waals surface area contributed by atoms with Crippen molar-refractivity contribution in [2.45, 2.75) is 13.1 Å². The van der Waals surface area contributed by atoms with Gasteiger partial charge in [-0.1, -0.05) is 18.2 Å². The normalized spacial score (nSPS) is 11.8. The first-order chi connectivity index (χ1) is 7.48. The first kappa shape index (κ1) is 10.7. The summed E-state index contributed by atoms with van der Waals surface area (Å²) >= 11 is 0. The lowest BCUT2D eigenvalue weighted by Crippen LogP contribution is -2.04. The van der Waals surface area contributed by atoms with Gasteiger partial charge in [-0.2, -0.15) is 13.2 Å². The van der Waals surface area contributed by atoms with Crippen molar-refractivity contribution in [1.29, 1.82) is 0 Å². The zero-order valence-electron chi connectivity index (χ0n) is 8.38.